The molecule has 1 aliphatic heterocycles. The van der Waals surface area contributed by atoms with Crippen molar-refractivity contribution in [3.05, 3.63) is 29.3 Å². The van der Waals surface area contributed by atoms with Crippen molar-refractivity contribution in [3.8, 4) is 5.75 Å². The van der Waals surface area contributed by atoms with E-state index >= 15 is 0 Å². The maximum atomic E-state index is 11.4. The van der Waals surface area contributed by atoms with Crippen molar-refractivity contribution < 1.29 is 19.3 Å². The van der Waals surface area contributed by atoms with E-state index in [4.69, 9.17) is 14.2 Å². The molecule has 4 rings (SSSR count). The topological polar surface area (TPSA) is 47.9 Å². The van der Waals surface area contributed by atoms with Crippen LogP contribution < -0.4 is 4.74 Å². The van der Waals surface area contributed by atoms with Gasteiger partial charge in [-0.15, -0.1) is 0 Å². The minimum Gasteiger partial charge on any atom is -0.496 e. The molecule has 1 N–H and O–H groups in total. The van der Waals surface area contributed by atoms with Gasteiger partial charge in [0.1, 0.15) is 5.75 Å². The van der Waals surface area contributed by atoms with Crippen LogP contribution in [0.1, 0.15) is 42.7 Å². The lowest BCUT2D eigenvalue weighted by molar-refractivity contribution is -0.373. The van der Waals surface area contributed by atoms with Crippen LogP contribution in [0.25, 0.3) is 0 Å². The molecule has 1 aromatic rings. The summed E-state index contributed by atoms with van der Waals surface area (Å²) in [5.41, 5.74) is 0.992. The van der Waals surface area contributed by atoms with Crippen LogP contribution in [0.2, 0.25) is 0 Å². The second-order valence-corrected chi connectivity index (χ2v) is 5.94. The van der Waals surface area contributed by atoms with Gasteiger partial charge in [-0.2, -0.15) is 0 Å². The predicted molar refractivity (Wildman–Crippen MR) is 72.7 cm³/mol. The van der Waals surface area contributed by atoms with Crippen LogP contribution in [0.4, 0.5) is 0 Å². The van der Waals surface area contributed by atoms with E-state index in [0.29, 0.717) is 13.2 Å². The van der Waals surface area contributed by atoms with Gasteiger partial charge in [0.05, 0.1) is 20.3 Å². The molecule has 0 aromatic heterocycles. The van der Waals surface area contributed by atoms with Gasteiger partial charge in [-0.3, -0.25) is 0 Å². The van der Waals surface area contributed by atoms with Gasteiger partial charge in [0.25, 0.3) is 0 Å². The molecular weight excluding hydrogens is 256 g/mol. The number of rotatable bonds is 1. The van der Waals surface area contributed by atoms with E-state index in [9.17, 15) is 5.11 Å². The highest BCUT2D eigenvalue weighted by Crippen LogP contribution is 2.65. The summed E-state index contributed by atoms with van der Waals surface area (Å²) in [6, 6.07) is 5.97. The second kappa shape index (κ2) is 4.20. The molecule has 2 aliphatic carbocycles. The highest BCUT2D eigenvalue weighted by molar-refractivity contribution is 5.57. The minimum atomic E-state index is -1.06. The van der Waals surface area contributed by atoms with Gasteiger partial charge in [0.2, 0.25) is 5.79 Å². The Balaban J connectivity index is 1.87. The summed E-state index contributed by atoms with van der Waals surface area (Å²) in [6.07, 6.45) is 3.63. The van der Waals surface area contributed by atoms with Crippen molar-refractivity contribution in [1.29, 1.82) is 0 Å². The van der Waals surface area contributed by atoms with Crippen LogP contribution in [0, 0.1) is 0 Å². The number of fused-ring (bicyclic) bond motifs is 5. The first-order valence-electron chi connectivity index (χ1n) is 7.40. The molecule has 4 heteroatoms. The monoisotopic (exact) mass is 276 g/mol. The molecule has 0 radical (unpaired) electrons. The van der Waals surface area contributed by atoms with Crippen LogP contribution in [0.15, 0.2) is 18.2 Å². The molecule has 0 bridgehead atoms. The summed E-state index contributed by atoms with van der Waals surface area (Å²) < 4.78 is 17.4. The molecule has 108 valence electrons. The summed E-state index contributed by atoms with van der Waals surface area (Å²) in [7, 11) is 1.64. The zero-order chi connectivity index (χ0) is 13.8. The van der Waals surface area contributed by atoms with Crippen molar-refractivity contribution in [2.24, 2.45) is 0 Å². The molecule has 3 aliphatic rings. The van der Waals surface area contributed by atoms with Gasteiger partial charge >= 0.3 is 0 Å². The van der Waals surface area contributed by atoms with Gasteiger partial charge in [0.15, 0.2) is 5.60 Å². The Hall–Kier alpha value is -1.10. The van der Waals surface area contributed by atoms with E-state index < -0.39 is 11.4 Å². The maximum Gasteiger partial charge on any atom is 0.202 e. The fraction of sp³-hybridized carbons (Fsp3) is 0.625. The summed E-state index contributed by atoms with van der Waals surface area (Å²) in [4.78, 5) is 0. The third-order valence-corrected chi connectivity index (χ3v) is 5.08. The number of hydrogen-bond acceptors (Lipinski definition) is 4. The molecule has 1 saturated heterocycles. The lowest BCUT2D eigenvalue weighted by atomic mass is 9.54. The molecule has 1 heterocycles. The van der Waals surface area contributed by atoms with Gasteiger partial charge < -0.3 is 19.3 Å². The average Bonchev–Trinajstić information content (AvgIpc) is 2.50. The summed E-state index contributed by atoms with van der Waals surface area (Å²) >= 11 is 0. The molecule has 1 saturated carbocycles. The standard InChI is InChI=1S/C16H20O4/c1-18-13-7-2-5-11-12-6-3-8-15(16(12,17)14(11)13)19-9-4-10-20-15/h2,5,7,12,17H,3-4,6,8-10H2,1H3/t12-,16-/m1/s1. The first kappa shape index (κ1) is 12.6. The number of hydrogen-bond donors (Lipinski definition) is 1. The van der Waals surface area contributed by atoms with Crippen LogP contribution in [0.3, 0.4) is 0 Å². The average molecular weight is 276 g/mol. The molecule has 1 aromatic carbocycles. The van der Waals surface area contributed by atoms with Crippen LogP contribution >= 0.6 is 0 Å². The fourth-order valence-electron chi connectivity index (χ4n) is 4.23. The van der Waals surface area contributed by atoms with E-state index in [1.165, 1.54) is 5.56 Å². The van der Waals surface area contributed by atoms with Gasteiger partial charge in [0, 0.05) is 17.9 Å². The number of ether oxygens (including phenoxy) is 3. The quantitative estimate of drug-likeness (QED) is 0.855. The minimum absolute atomic E-state index is 0.0967. The molecule has 2 fully saturated rings. The SMILES string of the molecule is COc1cccc2c1[C@]1(O)[C@@H]2CCCC12OCCCO2. The van der Waals surface area contributed by atoms with E-state index in [2.05, 4.69) is 6.07 Å². The Morgan fingerprint density at radius 3 is 2.80 bits per heavy atom. The van der Waals surface area contributed by atoms with Crippen molar-refractivity contribution in [2.75, 3.05) is 20.3 Å². The number of benzene rings is 1. The molecule has 0 unspecified atom stereocenters. The molecule has 0 amide bonds. The largest absolute Gasteiger partial charge is 0.496 e. The van der Waals surface area contributed by atoms with Gasteiger partial charge in [-0.1, -0.05) is 12.1 Å². The zero-order valence-corrected chi connectivity index (χ0v) is 11.7. The van der Waals surface area contributed by atoms with Crippen LogP contribution in [-0.4, -0.2) is 31.2 Å². The van der Waals surface area contributed by atoms with Crippen molar-refractivity contribution in [1.82, 2.24) is 0 Å². The molecule has 1 spiro atoms. The summed E-state index contributed by atoms with van der Waals surface area (Å²) in [6.45, 7) is 1.30. The Morgan fingerprint density at radius 1 is 1.25 bits per heavy atom. The Morgan fingerprint density at radius 2 is 2.05 bits per heavy atom. The first-order chi connectivity index (χ1) is 9.73. The van der Waals surface area contributed by atoms with Crippen LogP contribution in [-0.2, 0) is 15.1 Å². The van der Waals surface area contributed by atoms with Crippen molar-refractivity contribution in [2.45, 2.75) is 43.0 Å². The fourth-order valence-corrected chi connectivity index (χ4v) is 4.23. The van der Waals surface area contributed by atoms with Crippen molar-refractivity contribution >= 4 is 0 Å². The van der Waals surface area contributed by atoms with E-state index in [-0.39, 0.29) is 5.92 Å². The molecule has 20 heavy (non-hydrogen) atoms. The Bertz CT molecular complexity index is 530. The van der Waals surface area contributed by atoms with Crippen molar-refractivity contribution in [3.63, 3.8) is 0 Å². The zero-order valence-electron chi connectivity index (χ0n) is 11.7. The highest BCUT2D eigenvalue weighted by atomic mass is 16.7. The third-order valence-electron chi connectivity index (χ3n) is 5.08. The lowest BCUT2D eigenvalue weighted by Gasteiger charge is -2.60. The van der Waals surface area contributed by atoms with E-state index in [0.717, 1.165) is 37.0 Å². The smallest absolute Gasteiger partial charge is 0.202 e. The normalized spacial score (nSPS) is 34.0. The van der Waals surface area contributed by atoms with E-state index in [1.54, 1.807) is 7.11 Å². The molecule has 4 nitrogen and oxygen atoms in total. The number of methoxy groups -OCH3 is 1. The summed E-state index contributed by atoms with van der Waals surface area (Å²) in [5.74, 6) is -0.0461. The maximum absolute atomic E-state index is 11.4. The summed E-state index contributed by atoms with van der Waals surface area (Å²) in [5, 5.41) is 11.4. The van der Waals surface area contributed by atoms with Gasteiger partial charge in [-0.25, -0.2) is 0 Å². The number of aliphatic hydroxyl groups is 1. The van der Waals surface area contributed by atoms with E-state index in [1.807, 2.05) is 12.1 Å². The Kier molecular flexibility index (Phi) is 2.65. The lowest BCUT2D eigenvalue weighted by Crippen LogP contribution is -2.66. The van der Waals surface area contributed by atoms with Crippen LogP contribution in [0.5, 0.6) is 5.75 Å². The molecular formula is C16H20O4. The highest BCUT2D eigenvalue weighted by Gasteiger charge is 2.68. The third kappa shape index (κ3) is 1.32. The molecule has 2 atom stereocenters. The first-order valence-corrected chi connectivity index (χ1v) is 7.40. The predicted octanol–water partition coefficient (Wildman–Crippen LogP) is 2.30. The Labute approximate surface area is 118 Å². The van der Waals surface area contributed by atoms with Gasteiger partial charge in [-0.05, 0) is 30.9 Å². The second-order valence-electron chi connectivity index (χ2n) is 5.94.